The Hall–Kier alpha value is -3.46. The minimum Gasteiger partial charge on any atom is -0.497 e. The van der Waals surface area contributed by atoms with Gasteiger partial charge in [-0.05, 0) is 36.4 Å². The number of methoxy groups -OCH3 is 2. The number of amides is 1. The van der Waals surface area contributed by atoms with Crippen molar-refractivity contribution >= 4 is 16.8 Å². The van der Waals surface area contributed by atoms with E-state index in [9.17, 15) is 10.1 Å². The Morgan fingerprint density at radius 1 is 1.16 bits per heavy atom. The van der Waals surface area contributed by atoms with Gasteiger partial charge in [-0.1, -0.05) is 0 Å². The first kappa shape index (κ1) is 16.4. The van der Waals surface area contributed by atoms with Gasteiger partial charge in [0.25, 0.3) is 5.91 Å². The molecule has 0 saturated heterocycles. The van der Waals surface area contributed by atoms with E-state index in [2.05, 4.69) is 16.4 Å². The second kappa shape index (κ2) is 6.97. The third kappa shape index (κ3) is 3.26. The number of nitrogens with zero attached hydrogens (tertiary/aromatic N) is 1. The van der Waals surface area contributed by atoms with Crippen molar-refractivity contribution in [1.82, 2.24) is 10.3 Å². The number of H-pyrrole nitrogens is 1. The highest BCUT2D eigenvalue weighted by Crippen LogP contribution is 2.29. The van der Waals surface area contributed by atoms with Crippen LogP contribution in [0.25, 0.3) is 10.9 Å². The van der Waals surface area contributed by atoms with E-state index < -0.39 is 6.04 Å². The zero-order valence-corrected chi connectivity index (χ0v) is 13.9. The summed E-state index contributed by atoms with van der Waals surface area (Å²) in [5.74, 6) is 0.765. The Bertz CT molecular complexity index is 956. The number of carbonyl (C=O) groups is 1. The van der Waals surface area contributed by atoms with Gasteiger partial charge in [-0.15, -0.1) is 0 Å². The molecule has 0 aliphatic heterocycles. The number of ether oxygens (including phenoxy) is 2. The number of fused-ring (bicyclic) bond motifs is 1. The molecule has 1 aromatic heterocycles. The molecule has 6 nitrogen and oxygen atoms in total. The molecule has 0 fully saturated rings. The Kier molecular flexibility index (Phi) is 4.57. The van der Waals surface area contributed by atoms with Crippen molar-refractivity contribution in [1.29, 1.82) is 5.26 Å². The number of rotatable bonds is 5. The van der Waals surface area contributed by atoms with Gasteiger partial charge in [0, 0.05) is 34.3 Å². The molecule has 25 heavy (non-hydrogen) atoms. The Morgan fingerprint density at radius 3 is 2.72 bits per heavy atom. The number of aromatic nitrogens is 1. The van der Waals surface area contributed by atoms with E-state index in [1.54, 1.807) is 37.4 Å². The monoisotopic (exact) mass is 335 g/mol. The van der Waals surface area contributed by atoms with Crippen molar-refractivity contribution in [2.24, 2.45) is 0 Å². The summed E-state index contributed by atoms with van der Waals surface area (Å²) >= 11 is 0. The maximum Gasteiger partial charge on any atom is 0.252 e. The van der Waals surface area contributed by atoms with Crippen LogP contribution in [0.5, 0.6) is 11.5 Å². The van der Waals surface area contributed by atoms with Crippen LogP contribution in [0.4, 0.5) is 0 Å². The minimum absolute atomic E-state index is 0.326. The lowest BCUT2D eigenvalue weighted by Gasteiger charge is -2.16. The van der Waals surface area contributed by atoms with Gasteiger partial charge >= 0.3 is 0 Å². The highest BCUT2D eigenvalue weighted by molar-refractivity contribution is 5.98. The number of carbonyl (C=O) groups excluding carboxylic acids is 1. The minimum atomic E-state index is -0.838. The summed E-state index contributed by atoms with van der Waals surface area (Å²) in [6, 6.07) is 13.6. The summed E-state index contributed by atoms with van der Waals surface area (Å²) < 4.78 is 10.5. The molecule has 1 unspecified atom stereocenters. The van der Waals surface area contributed by atoms with E-state index in [4.69, 9.17) is 9.47 Å². The summed E-state index contributed by atoms with van der Waals surface area (Å²) in [6.07, 6.45) is 1.81. The Balaban J connectivity index is 1.86. The van der Waals surface area contributed by atoms with Gasteiger partial charge in [0.15, 0.2) is 0 Å². The molecule has 6 heteroatoms. The fourth-order valence-electron chi connectivity index (χ4n) is 2.65. The van der Waals surface area contributed by atoms with Gasteiger partial charge in [0.1, 0.15) is 17.5 Å². The standard InChI is InChI=1S/C19H17N3O3/c1-24-14-4-5-15(18(10-14)25-2)17(11-20)22-19(23)13-3-6-16-12(9-13)7-8-21-16/h3-10,17,21H,1-2H3,(H,22,23). The fraction of sp³-hybridized carbons (Fsp3) is 0.158. The van der Waals surface area contributed by atoms with Crippen LogP contribution >= 0.6 is 0 Å². The molecule has 2 N–H and O–H groups in total. The molecule has 3 rings (SSSR count). The first-order valence-corrected chi connectivity index (χ1v) is 7.66. The number of nitriles is 1. The van der Waals surface area contributed by atoms with Gasteiger partial charge in [-0.2, -0.15) is 5.26 Å². The van der Waals surface area contributed by atoms with Crippen LogP contribution in [-0.4, -0.2) is 25.1 Å². The van der Waals surface area contributed by atoms with E-state index in [0.29, 0.717) is 22.6 Å². The average Bonchev–Trinajstić information content (AvgIpc) is 3.13. The molecule has 0 radical (unpaired) electrons. The lowest BCUT2D eigenvalue weighted by atomic mass is 10.1. The molecular formula is C19H17N3O3. The lowest BCUT2D eigenvalue weighted by molar-refractivity contribution is 0.0945. The van der Waals surface area contributed by atoms with Crippen LogP contribution in [0.2, 0.25) is 0 Å². The Labute approximate surface area is 145 Å². The Morgan fingerprint density at radius 2 is 2.00 bits per heavy atom. The second-order valence-corrected chi connectivity index (χ2v) is 5.42. The van der Waals surface area contributed by atoms with Gasteiger partial charge in [0.05, 0.1) is 20.3 Å². The van der Waals surface area contributed by atoms with Crippen molar-refractivity contribution in [2.45, 2.75) is 6.04 Å². The maximum absolute atomic E-state index is 12.5. The van der Waals surface area contributed by atoms with Gasteiger partial charge < -0.3 is 19.8 Å². The van der Waals surface area contributed by atoms with Crippen molar-refractivity contribution in [3.63, 3.8) is 0 Å². The van der Waals surface area contributed by atoms with Gasteiger partial charge in [-0.25, -0.2) is 0 Å². The number of hydrogen-bond donors (Lipinski definition) is 2. The summed E-state index contributed by atoms with van der Waals surface area (Å²) in [5, 5.41) is 13.2. The van der Waals surface area contributed by atoms with E-state index in [-0.39, 0.29) is 5.91 Å². The summed E-state index contributed by atoms with van der Waals surface area (Å²) in [6.45, 7) is 0. The van der Waals surface area contributed by atoms with Crippen LogP contribution in [0, 0.1) is 11.3 Å². The van der Waals surface area contributed by atoms with Crippen LogP contribution in [0.15, 0.2) is 48.7 Å². The molecule has 1 atom stereocenters. The van der Waals surface area contributed by atoms with Crippen LogP contribution < -0.4 is 14.8 Å². The molecule has 1 amide bonds. The average molecular weight is 335 g/mol. The van der Waals surface area contributed by atoms with E-state index >= 15 is 0 Å². The van der Waals surface area contributed by atoms with Crippen molar-refractivity contribution < 1.29 is 14.3 Å². The molecule has 0 aliphatic rings. The van der Waals surface area contributed by atoms with Crippen molar-refractivity contribution in [3.8, 4) is 17.6 Å². The zero-order valence-electron chi connectivity index (χ0n) is 13.9. The number of aromatic amines is 1. The molecule has 2 aromatic carbocycles. The topological polar surface area (TPSA) is 87.1 Å². The summed E-state index contributed by atoms with van der Waals surface area (Å²) in [5.41, 5.74) is 2.01. The molecule has 0 saturated carbocycles. The summed E-state index contributed by atoms with van der Waals surface area (Å²) in [4.78, 5) is 15.6. The van der Waals surface area contributed by atoms with Gasteiger partial charge in [-0.3, -0.25) is 4.79 Å². The normalized spacial score (nSPS) is 11.6. The maximum atomic E-state index is 12.5. The zero-order chi connectivity index (χ0) is 17.8. The van der Waals surface area contributed by atoms with Crippen LogP contribution in [0.3, 0.4) is 0 Å². The van der Waals surface area contributed by atoms with Crippen molar-refractivity contribution in [3.05, 3.63) is 59.8 Å². The van der Waals surface area contributed by atoms with Gasteiger partial charge in [0.2, 0.25) is 0 Å². The largest absolute Gasteiger partial charge is 0.497 e. The number of nitrogens with one attached hydrogen (secondary N) is 2. The van der Waals surface area contributed by atoms with Crippen LogP contribution in [-0.2, 0) is 0 Å². The molecule has 0 aliphatic carbocycles. The molecule has 126 valence electrons. The quantitative estimate of drug-likeness (QED) is 0.750. The highest BCUT2D eigenvalue weighted by Gasteiger charge is 2.19. The fourth-order valence-corrected chi connectivity index (χ4v) is 2.65. The highest BCUT2D eigenvalue weighted by atomic mass is 16.5. The van der Waals surface area contributed by atoms with E-state index in [1.807, 2.05) is 18.3 Å². The smallest absolute Gasteiger partial charge is 0.252 e. The molecule has 1 heterocycles. The van der Waals surface area contributed by atoms with E-state index in [0.717, 1.165) is 10.9 Å². The predicted octanol–water partition coefficient (Wildman–Crippen LogP) is 3.18. The number of hydrogen-bond acceptors (Lipinski definition) is 4. The van der Waals surface area contributed by atoms with Crippen molar-refractivity contribution in [2.75, 3.05) is 14.2 Å². The predicted molar refractivity (Wildman–Crippen MR) is 93.7 cm³/mol. The van der Waals surface area contributed by atoms with Crippen LogP contribution in [0.1, 0.15) is 22.0 Å². The molecule has 0 spiro atoms. The van der Waals surface area contributed by atoms with E-state index in [1.165, 1.54) is 7.11 Å². The lowest BCUT2D eigenvalue weighted by Crippen LogP contribution is -2.27. The second-order valence-electron chi connectivity index (χ2n) is 5.42. The molecule has 3 aromatic rings. The first-order valence-electron chi connectivity index (χ1n) is 7.66. The number of benzene rings is 2. The third-order valence-corrected chi connectivity index (χ3v) is 3.97. The molecule has 0 bridgehead atoms. The third-order valence-electron chi connectivity index (χ3n) is 3.97. The SMILES string of the molecule is COc1ccc(C(C#N)NC(=O)c2ccc3[nH]ccc3c2)c(OC)c1. The summed E-state index contributed by atoms with van der Waals surface area (Å²) in [7, 11) is 3.06. The molecular weight excluding hydrogens is 318 g/mol. The first-order chi connectivity index (χ1) is 12.2.